The third-order valence-electron chi connectivity index (χ3n) is 2.75. The minimum Gasteiger partial charge on any atom is -0.493 e. The summed E-state index contributed by atoms with van der Waals surface area (Å²) < 4.78 is 15.9. The van der Waals surface area contributed by atoms with Crippen molar-refractivity contribution in [1.82, 2.24) is 10.1 Å². The van der Waals surface area contributed by atoms with Crippen molar-refractivity contribution in [2.24, 2.45) is 0 Å². The van der Waals surface area contributed by atoms with Crippen LogP contribution in [0, 0.1) is 0 Å². The predicted octanol–water partition coefficient (Wildman–Crippen LogP) is 2.27. The molecule has 0 saturated heterocycles. The molecule has 0 radical (unpaired) electrons. The Hall–Kier alpha value is -2.08. The number of ether oxygens (including phenoxy) is 2. The van der Waals surface area contributed by atoms with Gasteiger partial charge in [0.2, 0.25) is 11.7 Å². The van der Waals surface area contributed by atoms with E-state index in [2.05, 4.69) is 10.1 Å². The number of hydrogen-bond donors (Lipinski definition) is 1. The molecule has 0 fully saturated rings. The zero-order valence-electron chi connectivity index (χ0n) is 11.8. The van der Waals surface area contributed by atoms with Crippen molar-refractivity contribution in [1.29, 1.82) is 0 Å². The molecule has 2 rings (SSSR count). The van der Waals surface area contributed by atoms with Crippen LogP contribution in [0.25, 0.3) is 0 Å². The molecule has 2 aromatic rings. The first-order valence-corrected chi connectivity index (χ1v) is 6.37. The number of aliphatic hydroxyl groups excluding tert-OH is 1. The van der Waals surface area contributed by atoms with E-state index in [9.17, 15) is 0 Å². The molecule has 6 nitrogen and oxygen atoms in total. The first-order chi connectivity index (χ1) is 9.63. The molecule has 20 heavy (non-hydrogen) atoms. The van der Waals surface area contributed by atoms with Gasteiger partial charge < -0.3 is 19.1 Å². The fraction of sp³-hybridized carbons (Fsp3) is 0.429. The van der Waals surface area contributed by atoms with Gasteiger partial charge in [0, 0.05) is 5.92 Å². The molecule has 0 atom stereocenters. The third-order valence-corrected chi connectivity index (χ3v) is 2.75. The van der Waals surface area contributed by atoms with E-state index in [-0.39, 0.29) is 19.1 Å². The van der Waals surface area contributed by atoms with Crippen molar-refractivity contribution in [3.63, 3.8) is 0 Å². The highest BCUT2D eigenvalue weighted by molar-refractivity contribution is 5.42. The molecule has 1 aromatic heterocycles. The van der Waals surface area contributed by atoms with E-state index in [0.29, 0.717) is 23.2 Å². The van der Waals surface area contributed by atoms with Crippen molar-refractivity contribution < 1.29 is 19.1 Å². The molecular weight excluding hydrogens is 260 g/mol. The normalized spacial score (nSPS) is 10.8. The van der Waals surface area contributed by atoms with Gasteiger partial charge in [-0.25, -0.2) is 0 Å². The van der Waals surface area contributed by atoms with Crippen molar-refractivity contribution in [3.05, 3.63) is 35.5 Å². The van der Waals surface area contributed by atoms with Gasteiger partial charge in [-0.2, -0.15) is 4.98 Å². The molecule has 0 aliphatic carbocycles. The molecular formula is C14H18N2O4. The third kappa shape index (κ3) is 3.27. The number of methoxy groups -OCH3 is 1. The van der Waals surface area contributed by atoms with Gasteiger partial charge in [-0.05, 0) is 17.7 Å². The maximum absolute atomic E-state index is 9.14. The summed E-state index contributed by atoms with van der Waals surface area (Å²) in [5, 5.41) is 13.0. The summed E-state index contributed by atoms with van der Waals surface area (Å²) in [5.74, 6) is 2.37. The van der Waals surface area contributed by atoms with Crippen LogP contribution in [0.15, 0.2) is 22.7 Å². The molecule has 1 heterocycles. The van der Waals surface area contributed by atoms with E-state index in [4.69, 9.17) is 19.1 Å². The Morgan fingerprint density at radius 3 is 2.70 bits per heavy atom. The summed E-state index contributed by atoms with van der Waals surface area (Å²) in [7, 11) is 1.56. The molecule has 0 unspecified atom stereocenters. The largest absolute Gasteiger partial charge is 0.493 e. The summed E-state index contributed by atoms with van der Waals surface area (Å²) >= 11 is 0. The lowest BCUT2D eigenvalue weighted by Crippen LogP contribution is -2.00. The SMILES string of the molecule is COc1ccc(CO)cc1OCc1noc(C(C)C)n1. The summed E-state index contributed by atoms with van der Waals surface area (Å²) in [4.78, 5) is 4.23. The quantitative estimate of drug-likeness (QED) is 0.873. The lowest BCUT2D eigenvalue weighted by molar-refractivity contribution is 0.262. The Bertz CT molecular complexity index is 566. The Balaban J connectivity index is 2.09. The lowest BCUT2D eigenvalue weighted by Gasteiger charge is -2.10. The highest BCUT2D eigenvalue weighted by atomic mass is 16.5. The van der Waals surface area contributed by atoms with Gasteiger partial charge in [-0.3, -0.25) is 0 Å². The molecule has 0 amide bonds. The van der Waals surface area contributed by atoms with Crippen molar-refractivity contribution in [3.8, 4) is 11.5 Å². The summed E-state index contributed by atoms with van der Waals surface area (Å²) in [6.45, 7) is 4.08. The maximum atomic E-state index is 9.14. The topological polar surface area (TPSA) is 77.6 Å². The lowest BCUT2D eigenvalue weighted by atomic mass is 10.2. The minimum absolute atomic E-state index is 0.0555. The van der Waals surface area contributed by atoms with Crippen molar-refractivity contribution in [2.75, 3.05) is 7.11 Å². The summed E-state index contributed by atoms with van der Waals surface area (Å²) in [6, 6.07) is 5.25. The van der Waals surface area contributed by atoms with Crippen LogP contribution in [0.3, 0.4) is 0 Å². The fourth-order valence-electron chi connectivity index (χ4n) is 1.64. The highest BCUT2D eigenvalue weighted by Gasteiger charge is 2.12. The molecule has 0 aliphatic heterocycles. The fourth-order valence-corrected chi connectivity index (χ4v) is 1.64. The number of nitrogens with zero attached hydrogens (tertiary/aromatic N) is 2. The van der Waals surface area contributed by atoms with Crippen molar-refractivity contribution >= 4 is 0 Å². The molecule has 108 valence electrons. The van der Waals surface area contributed by atoms with Crippen LogP contribution in [-0.2, 0) is 13.2 Å². The number of aromatic nitrogens is 2. The molecule has 0 saturated carbocycles. The Morgan fingerprint density at radius 1 is 1.30 bits per heavy atom. The molecule has 1 aromatic carbocycles. The van der Waals surface area contributed by atoms with Gasteiger partial charge in [0.25, 0.3) is 0 Å². The summed E-state index contributed by atoms with van der Waals surface area (Å²) in [6.07, 6.45) is 0. The monoisotopic (exact) mass is 278 g/mol. The van der Waals surface area contributed by atoms with Gasteiger partial charge in [-0.15, -0.1) is 0 Å². The van der Waals surface area contributed by atoms with Gasteiger partial charge >= 0.3 is 0 Å². The second kappa shape index (κ2) is 6.38. The predicted molar refractivity (Wildman–Crippen MR) is 71.6 cm³/mol. The van der Waals surface area contributed by atoms with Crippen LogP contribution in [0.2, 0.25) is 0 Å². The standard InChI is InChI=1S/C14H18N2O4/c1-9(2)14-15-13(16-20-14)8-19-12-6-10(7-17)4-5-11(12)18-3/h4-6,9,17H,7-8H2,1-3H3. The van der Waals surface area contributed by atoms with Crippen LogP contribution >= 0.6 is 0 Å². The molecule has 0 spiro atoms. The van der Waals surface area contributed by atoms with Gasteiger partial charge in [0.1, 0.15) is 0 Å². The van der Waals surface area contributed by atoms with E-state index in [1.165, 1.54) is 0 Å². The number of aliphatic hydroxyl groups is 1. The Labute approximate surface area is 117 Å². The Kier molecular flexibility index (Phi) is 4.57. The van der Waals surface area contributed by atoms with E-state index in [1.54, 1.807) is 25.3 Å². The number of hydrogen-bond acceptors (Lipinski definition) is 6. The highest BCUT2D eigenvalue weighted by Crippen LogP contribution is 2.28. The van der Waals surface area contributed by atoms with E-state index in [1.807, 2.05) is 13.8 Å². The second-order valence-electron chi connectivity index (χ2n) is 4.64. The second-order valence-corrected chi connectivity index (χ2v) is 4.64. The van der Waals surface area contributed by atoms with Gasteiger partial charge in [0.15, 0.2) is 18.1 Å². The van der Waals surface area contributed by atoms with Crippen LogP contribution in [0.4, 0.5) is 0 Å². The zero-order chi connectivity index (χ0) is 14.5. The molecule has 0 bridgehead atoms. The minimum atomic E-state index is -0.0555. The van der Waals surface area contributed by atoms with E-state index >= 15 is 0 Å². The van der Waals surface area contributed by atoms with E-state index in [0.717, 1.165) is 5.56 Å². The van der Waals surface area contributed by atoms with Crippen LogP contribution in [0.5, 0.6) is 11.5 Å². The van der Waals surface area contributed by atoms with Crippen LogP contribution in [-0.4, -0.2) is 22.4 Å². The first-order valence-electron chi connectivity index (χ1n) is 6.37. The number of rotatable bonds is 6. The van der Waals surface area contributed by atoms with E-state index < -0.39 is 0 Å². The first kappa shape index (κ1) is 14.3. The molecule has 1 N–H and O–H groups in total. The van der Waals surface area contributed by atoms with Crippen LogP contribution in [0.1, 0.15) is 37.0 Å². The Morgan fingerprint density at radius 2 is 2.10 bits per heavy atom. The van der Waals surface area contributed by atoms with Gasteiger partial charge in [-0.1, -0.05) is 25.1 Å². The average Bonchev–Trinajstić information content (AvgIpc) is 2.93. The molecule has 6 heteroatoms. The average molecular weight is 278 g/mol. The smallest absolute Gasteiger partial charge is 0.229 e. The zero-order valence-corrected chi connectivity index (χ0v) is 11.8. The number of benzene rings is 1. The van der Waals surface area contributed by atoms with Crippen molar-refractivity contribution in [2.45, 2.75) is 33.0 Å². The summed E-state index contributed by atoms with van der Waals surface area (Å²) in [5.41, 5.74) is 0.747. The van der Waals surface area contributed by atoms with Crippen LogP contribution < -0.4 is 9.47 Å². The molecule has 0 aliphatic rings. The maximum Gasteiger partial charge on any atom is 0.229 e. The van der Waals surface area contributed by atoms with Gasteiger partial charge in [0.05, 0.1) is 13.7 Å².